The van der Waals surface area contributed by atoms with Crippen molar-refractivity contribution >= 4 is 5.91 Å². The molecule has 2 aromatic carbocycles. The first kappa shape index (κ1) is 23.6. The topological polar surface area (TPSA) is 70.4 Å². The van der Waals surface area contributed by atoms with Crippen molar-refractivity contribution in [2.75, 3.05) is 19.6 Å². The normalized spacial score (nSPS) is 22.8. The van der Waals surface area contributed by atoms with E-state index in [0.717, 1.165) is 24.5 Å². The van der Waals surface area contributed by atoms with Gasteiger partial charge >= 0.3 is 0 Å². The van der Waals surface area contributed by atoms with Crippen molar-refractivity contribution in [3.8, 4) is 11.3 Å². The zero-order chi connectivity index (χ0) is 24.4. The molecule has 5 rings (SSSR count). The van der Waals surface area contributed by atoms with E-state index in [2.05, 4.69) is 10.3 Å². The number of amides is 1. The van der Waals surface area contributed by atoms with E-state index in [0.29, 0.717) is 44.6 Å². The Morgan fingerprint density at radius 1 is 1.09 bits per heavy atom. The number of aliphatic hydroxyl groups is 1. The van der Waals surface area contributed by atoms with Gasteiger partial charge in [-0.3, -0.25) is 4.79 Å². The number of hydrogen-bond acceptors (Lipinski definition) is 4. The minimum Gasteiger partial charge on any atom is -0.391 e. The molecule has 1 aliphatic heterocycles. The van der Waals surface area contributed by atoms with E-state index in [1.807, 2.05) is 35.2 Å². The number of aromatic nitrogens is 2. The van der Waals surface area contributed by atoms with E-state index in [-0.39, 0.29) is 29.2 Å². The summed E-state index contributed by atoms with van der Waals surface area (Å²) < 4.78 is 30.2. The lowest BCUT2D eigenvalue weighted by Gasteiger charge is -2.36. The highest BCUT2D eigenvalue weighted by molar-refractivity contribution is 5.98. The minimum atomic E-state index is -0.723. The Balaban J connectivity index is 1.54. The molecule has 184 valence electrons. The molecule has 0 bridgehead atoms. The monoisotopic (exact) mass is 480 g/mol. The highest BCUT2D eigenvalue weighted by Crippen LogP contribution is 2.35. The Morgan fingerprint density at radius 3 is 2.57 bits per heavy atom. The summed E-state index contributed by atoms with van der Waals surface area (Å²) in [6, 6.07) is 12.9. The quantitative estimate of drug-likeness (QED) is 0.580. The number of carbonyl (C=O) groups excluding carboxylic acids is 1. The molecule has 1 aliphatic carbocycles. The first-order chi connectivity index (χ1) is 17.0. The fourth-order valence-corrected chi connectivity index (χ4v) is 5.39. The Hall–Kier alpha value is -3.10. The van der Waals surface area contributed by atoms with Crippen LogP contribution in [0.5, 0.6) is 0 Å². The summed E-state index contributed by atoms with van der Waals surface area (Å²) in [5.41, 5.74) is 1.89. The SMILES string of the molecule is O=C(c1ncn(C2CCCCC2O)c1-c1cc(F)cc(F)c1)N1CCNC[C@@H]1Cc1ccccc1. The molecule has 6 nitrogen and oxygen atoms in total. The number of halogens is 2. The van der Waals surface area contributed by atoms with Crippen molar-refractivity contribution in [2.45, 2.75) is 50.3 Å². The predicted octanol–water partition coefficient (Wildman–Crippen LogP) is 3.96. The zero-order valence-electron chi connectivity index (χ0n) is 19.5. The van der Waals surface area contributed by atoms with Crippen LogP contribution in [0.2, 0.25) is 0 Å². The maximum atomic E-state index is 14.2. The summed E-state index contributed by atoms with van der Waals surface area (Å²) in [6.07, 6.45) is 4.81. The molecule has 2 unspecified atom stereocenters. The van der Waals surface area contributed by atoms with Gasteiger partial charge in [-0.25, -0.2) is 13.8 Å². The maximum absolute atomic E-state index is 14.2. The van der Waals surface area contributed by atoms with Crippen LogP contribution in [0.15, 0.2) is 54.9 Å². The molecule has 8 heteroatoms. The standard InChI is InChI=1S/C27H30F2N4O2/c28-20-13-19(14-21(29)15-20)26-25(31-17-33(26)23-8-4-5-9-24(23)34)27(35)32-11-10-30-16-22(32)12-18-6-2-1-3-7-18/h1-3,6-7,13-15,17,22-24,30,34H,4-5,8-12,16H2/t22-,23?,24?/m0/s1. The number of nitrogens with zero attached hydrogens (tertiary/aromatic N) is 3. The number of rotatable bonds is 5. The smallest absolute Gasteiger partial charge is 0.275 e. The van der Waals surface area contributed by atoms with Gasteiger partial charge in [0.15, 0.2) is 5.69 Å². The van der Waals surface area contributed by atoms with Gasteiger partial charge in [-0.1, -0.05) is 43.2 Å². The van der Waals surface area contributed by atoms with Crippen molar-refractivity contribution in [3.05, 3.63) is 77.8 Å². The van der Waals surface area contributed by atoms with Crippen molar-refractivity contribution in [2.24, 2.45) is 0 Å². The van der Waals surface area contributed by atoms with Gasteiger partial charge < -0.3 is 19.9 Å². The molecule has 1 amide bonds. The molecule has 0 radical (unpaired) electrons. The van der Waals surface area contributed by atoms with Gasteiger partial charge in [0, 0.05) is 37.3 Å². The number of piperazine rings is 1. The van der Waals surface area contributed by atoms with Gasteiger partial charge in [0.25, 0.3) is 5.91 Å². The largest absolute Gasteiger partial charge is 0.391 e. The van der Waals surface area contributed by atoms with Crippen molar-refractivity contribution in [1.29, 1.82) is 0 Å². The molecule has 3 aromatic rings. The second-order valence-corrected chi connectivity index (χ2v) is 9.47. The van der Waals surface area contributed by atoms with Crippen LogP contribution in [0.3, 0.4) is 0 Å². The van der Waals surface area contributed by atoms with E-state index in [1.54, 1.807) is 10.9 Å². The molecule has 1 saturated carbocycles. The number of hydrogen-bond donors (Lipinski definition) is 2. The van der Waals surface area contributed by atoms with Gasteiger partial charge in [0.1, 0.15) is 11.6 Å². The zero-order valence-corrected chi connectivity index (χ0v) is 19.5. The first-order valence-corrected chi connectivity index (χ1v) is 12.3. The number of carbonyl (C=O) groups is 1. The number of benzene rings is 2. The van der Waals surface area contributed by atoms with Crippen molar-refractivity contribution < 1.29 is 18.7 Å². The third-order valence-corrected chi connectivity index (χ3v) is 7.11. The molecule has 3 atom stereocenters. The minimum absolute atomic E-state index is 0.0823. The van der Waals surface area contributed by atoms with Gasteiger partial charge in [-0.05, 0) is 37.0 Å². The number of aliphatic hydroxyl groups excluding tert-OH is 1. The fourth-order valence-electron chi connectivity index (χ4n) is 5.39. The molecular weight excluding hydrogens is 450 g/mol. The van der Waals surface area contributed by atoms with E-state index >= 15 is 0 Å². The number of nitrogens with one attached hydrogen (secondary N) is 1. The second-order valence-electron chi connectivity index (χ2n) is 9.47. The van der Waals surface area contributed by atoms with Crippen LogP contribution in [0.25, 0.3) is 11.3 Å². The fraction of sp³-hybridized carbons (Fsp3) is 0.407. The summed E-state index contributed by atoms with van der Waals surface area (Å²) in [7, 11) is 0. The lowest BCUT2D eigenvalue weighted by atomic mass is 9.92. The van der Waals surface area contributed by atoms with Crippen molar-refractivity contribution in [3.63, 3.8) is 0 Å². The molecule has 1 aromatic heterocycles. The van der Waals surface area contributed by atoms with Crippen LogP contribution in [-0.4, -0.2) is 57.2 Å². The highest BCUT2D eigenvalue weighted by atomic mass is 19.1. The van der Waals surface area contributed by atoms with E-state index in [4.69, 9.17) is 0 Å². The third-order valence-electron chi connectivity index (χ3n) is 7.11. The molecule has 2 fully saturated rings. The highest BCUT2D eigenvalue weighted by Gasteiger charge is 2.34. The Labute approximate surface area is 203 Å². The van der Waals surface area contributed by atoms with Gasteiger partial charge in [-0.2, -0.15) is 0 Å². The number of imidazole rings is 1. The van der Waals surface area contributed by atoms with Crippen LogP contribution in [0, 0.1) is 11.6 Å². The Bertz CT molecular complexity index is 1160. The average Bonchev–Trinajstić information content (AvgIpc) is 3.29. The summed E-state index contributed by atoms with van der Waals surface area (Å²) in [5.74, 6) is -1.71. The maximum Gasteiger partial charge on any atom is 0.275 e. The van der Waals surface area contributed by atoms with Crippen LogP contribution in [0.1, 0.15) is 47.8 Å². The molecule has 35 heavy (non-hydrogen) atoms. The van der Waals surface area contributed by atoms with Gasteiger partial charge in [0.05, 0.1) is 24.2 Å². The Morgan fingerprint density at radius 2 is 1.83 bits per heavy atom. The second kappa shape index (κ2) is 10.3. The lowest BCUT2D eigenvalue weighted by molar-refractivity contribution is 0.0629. The molecule has 2 aliphatic rings. The lowest BCUT2D eigenvalue weighted by Crippen LogP contribution is -2.54. The summed E-state index contributed by atoms with van der Waals surface area (Å²) in [4.78, 5) is 20.2. The van der Waals surface area contributed by atoms with Gasteiger partial charge in [0.2, 0.25) is 0 Å². The summed E-state index contributed by atoms with van der Waals surface area (Å²) >= 11 is 0. The van der Waals surface area contributed by atoms with Crippen LogP contribution in [-0.2, 0) is 6.42 Å². The molecular formula is C27H30F2N4O2. The summed E-state index contributed by atoms with van der Waals surface area (Å²) in [5, 5.41) is 14.1. The molecule has 0 spiro atoms. The molecule has 1 saturated heterocycles. The van der Waals surface area contributed by atoms with E-state index < -0.39 is 17.7 Å². The predicted molar refractivity (Wildman–Crippen MR) is 129 cm³/mol. The van der Waals surface area contributed by atoms with Crippen molar-refractivity contribution in [1.82, 2.24) is 19.8 Å². The van der Waals surface area contributed by atoms with Crippen LogP contribution >= 0.6 is 0 Å². The van der Waals surface area contributed by atoms with Crippen LogP contribution in [0.4, 0.5) is 8.78 Å². The van der Waals surface area contributed by atoms with Crippen LogP contribution < -0.4 is 5.32 Å². The molecule has 2 heterocycles. The Kier molecular flexibility index (Phi) is 6.92. The average molecular weight is 481 g/mol. The summed E-state index contributed by atoms with van der Waals surface area (Å²) in [6.45, 7) is 1.81. The first-order valence-electron chi connectivity index (χ1n) is 12.3. The van der Waals surface area contributed by atoms with E-state index in [9.17, 15) is 18.7 Å². The van der Waals surface area contributed by atoms with Gasteiger partial charge in [-0.15, -0.1) is 0 Å². The third kappa shape index (κ3) is 4.99. The molecule has 2 N–H and O–H groups in total. The van der Waals surface area contributed by atoms with E-state index in [1.165, 1.54) is 12.1 Å².